The molecule has 0 spiro atoms. The van der Waals surface area contributed by atoms with Crippen LogP contribution in [0.25, 0.3) is 0 Å². The van der Waals surface area contributed by atoms with Gasteiger partial charge in [0.15, 0.2) is 0 Å². The number of ether oxygens (including phenoxy) is 1. The SMILES string of the molecule is O=C(Nc1cn[nH]c1)c1cccc(C2CC2NC2CCOCC2)c1. The molecule has 6 heteroatoms. The second-order valence-electron chi connectivity index (χ2n) is 6.57. The van der Waals surface area contributed by atoms with Crippen LogP contribution in [0.3, 0.4) is 0 Å². The quantitative estimate of drug-likeness (QED) is 0.788. The molecule has 2 aliphatic rings. The van der Waals surface area contributed by atoms with E-state index in [1.807, 2.05) is 18.2 Å². The molecule has 2 aromatic rings. The molecular weight excluding hydrogens is 304 g/mol. The molecule has 1 aromatic carbocycles. The summed E-state index contributed by atoms with van der Waals surface area (Å²) in [5.41, 5.74) is 2.60. The van der Waals surface area contributed by atoms with Gasteiger partial charge in [0.1, 0.15) is 0 Å². The number of benzene rings is 1. The minimum Gasteiger partial charge on any atom is -0.381 e. The molecule has 1 aliphatic carbocycles. The number of carbonyl (C=O) groups is 1. The van der Waals surface area contributed by atoms with Crippen molar-refractivity contribution >= 4 is 11.6 Å². The highest BCUT2D eigenvalue weighted by Crippen LogP contribution is 2.41. The van der Waals surface area contributed by atoms with Crippen LogP contribution in [-0.2, 0) is 4.74 Å². The van der Waals surface area contributed by atoms with Crippen molar-refractivity contribution in [1.82, 2.24) is 15.5 Å². The van der Waals surface area contributed by atoms with Crippen molar-refractivity contribution in [2.45, 2.75) is 37.3 Å². The molecule has 2 atom stereocenters. The number of anilines is 1. The Bertz CT molecular complexity index is 695. The first-order valence-electron chi connectivity index (χ1n) is 8.53. The first-order chi connectivity index (χ1) is 11.8. The molecule has 1 saturated heterocycles. The zero-order chi connectivity index (χ0) is 16.4. The highest BCUT2D eigenvalue weighted by atomic mass is 16.5. The first-order valence-corrected chi connectivity index (χ1v) is 8.53. The second kappa shape index (κ2) is 6.75. The largest absolute Gasteiger partial charge is 0.381 e. The molecule has 1 saturated carbocycles. The molecular formula is C18H22N4O2. The van der Waals surface area contributed by atoms with Crippen molar-refractivity contribution in [1.29, 1.82) is 0 Å². The van der Waals surface area contributed by atoms with Gasteiger partial charge in [-0.1, -0.05) is 12.1 Å². The van der Waals surface area contributed by atoms with Gasteiger partial charge in [0, 0.05) is 43.0 Å². The van der Waals surface area contributed by atoms with Crippen molar-refractivity contribution in [3.8, 4) is 0 Å². The average molecular weight is 326 g/mol. The van der Waals surface area contributed by atoms with Crippen LogP contribution in [0.4, 0.5) is 5.69 Å². The standard InChI is InChI=1S/C18H22N4O2/c23-18(22-15-10-19-20-11-15)13-3-1-2-12(8-13)16-9-17(16)21-14-4-6-24-7-5-14/h1-3,8,10-11,14,16-17,21H,4-7,9H2,(H,19,20)(H,22,23). The Hall–Kier alpha value is -2.18. The van der Waals surface area contributed by atoms with Gasteiger partial charge >= 0.3 is 0 Å². The van der Waals surface area contributed by atoms with E-state index in [-0.39, 0.29) is 5.91 Å². The molecule has 2 fully saturated rings. The number of rotatable bonds is 5. The van der Waals surface area contributed by atoms with E-state index in [0.29, 0.717) is 29.3 Å². The van der Waals surface area contributed by atoms with Crippen LogP contribution in [0.1, 0.15) is 41.1 Å². The zero-order valence-electron chi connectivity index (χ0n) is 13.5. The summed E-state index contributed by atoms with van der Waals surface area (Å²) in [5.74, 6) is 0.405. The lowest BCUT2D eigenvalue weighted by atomic mass is 10.1. The maximum Gasteiger partial charge on any atom is 0.255 e. The molecule has 4 rings (SSSR count). The van der Waals surface area contributed by atoms with E-state index in [4.69, 9.17) is 4.74 Å². The molecule has 1 aromatic heterocycles. The molecule has 3 N–H and O–H groups in total. The van der Waals surface area contributed by atoms with Crippen molar-refractivity contribution in [3.05, 3.63) is 47.8 Å². The maximum absolute atomic E-state index is 12.3. The van der Waals surface area contributed by atoms with Crippen LogP contribution in [0, 0.1) is 0 Å². The molecule has 2 unspecified atom stereocenters. The van der Waals surface area contributed by atoms with Gasteiger partial charge < -0.3 is 15.4 Å². The van der Waals surface area contributed by atoms with Gasteiger partial charge in [-0.05, 0) is 37.0 Å². The van der Waals surface area contributed by atoms with Gasteiger partial charge in [-0.2, -0.15) is 5.10 Å². The number of hydrogen-bond acceptors (Lipinski definition) is 4. The minimum absolute atomic E-state index is 0.104. The minimum atomic E-state index is -0.104. The average Bonchev–Trinajstić information content (AvgIpc) is 3.19. The van der Waals surface area contributed by atoms with E-state index >= 15 is 0 Å². The zero-order valence-corrected chi connectivity index (χ0v) is 13.5. The Morgan fingerprint density at radius 3 is 2.96 bits per heavy atom. The van der Waals surface area contributed by atoms with Crippen LogP contribution < -0.4 is 10.6 Å². The molecule has 0 bridgehead atoms. The Balaban J connectivity index is 1.37. The van der Waals surface area contributed by atoms with Crippen molar-refractivity contribution in [3.63, 3.8) is 0 Å². The van der Waals surface area contributed by atoms with Gasteiger partial charge in [-0.25, -0.2) is 0 Å². The van der Waals surface area contributed by atoms with Crippen LogP contribution >= 0.6 is 0 Å². The summed E-state index contributed by atoms with van der Waals surface area (Å²) in [6.45, 7) is 1.72. The fraction of sp³-hybridized carbons (Fsp3) is 0.444. The van der Waals surface area contributed by atoms with Gasteiger partial charge in [0.05, 0.1) is 11.9 Å². The van der Waals surface area contributed by atoms with E-state index < -0.39 is 0 Å². The third kappa shape index (κ3) is 3.49. The number of aromatic nitrogens is 2. The van der Waals surface area contributed by atoms with Crippen LogP contribution in [0.2, 0.25) is 0 Å². The van der Waals surface area contributed by atoms with Gasteiger partial charge in [-0.15, -0.1) is 0 Å². The summed E-state index contributed by atoms with van der Waals surface area (Å²) in [4.78, 5) is 12.3. The Morgan fingerprint density at radius 1 is 1.29 bits per heavy atom. The van der Waals surface area contributed by atoms with Crippen LogP contribution in [0.5, 0.6) is 0 Å². The van der Waals surface area contributed by atoms with Crippen molar-refractivity contribution in [2.24, 2.45) is 0 Å². The van der Waals surface area contributed by atoms with Crippen molar-refractivity contribution < 1.29 is 9.53 Å². The third-order valence-electron chi connectivity index (χ3n) is 4.79. The number of aromatic amines is 1. The monoisotopic (exact) mass is 326 g/mol. The summed E-state index contributed by atoms with van der Waals surface area (Å²) in [7, 11) is 0. The Morgan fingerprint density at radius 2 is 2.17 bits per heavy atom. The molecule has 1 amide bonds. The number of hydrogen-bond donors (Lipinski definition) is 3. The summed E-state index contributed by atoms with van der Waals surface area (Å²) in [6.07, 6.45) is 6.59. The molecule has 1 aliphatic heterocycles. The number of carbonyl (C=O) groups excluding carboxylic acids is 1. The van der Waals surface area contributed by atoms with E-state index in [1.165, 1.54) is 5.56 Å². The Kier molecular flexibility index (Phi) is 4.32. The predicted molar refractivity (Wildman–Crippen MR) is 91.1 cm³/mol. The maximum atomic E-state index is 12.3. The Labute approximate surface area is 141 Å². The lowest BCUT2D eigenvalue weighted by Crippen LogP contribution is -2.36. The van der Waals surface area contributed by atoms with Gasteiger partial charge in [0.2, 0.25) is 0 Å². The van der Waals surface area contributed by atoms with Crippen LogP contribution in [0.15, 0.2) is 36.7 Å². The lowest BCUT2D eigenvalue weighted by molar-refractivity contribution is 0.0774. The fourth-order valence-electron chi connectivity index (χ4n) is 3.35. The topological polar surface area (TPSA) is 79.0 Å². The van der Waals surface area contributed by atoms with E-state index in [1.54, 1.807) is 12.4 Å². The van der Waals surface area contributed by atoms with E-state index in [2.05, 4.69) is 26.9 Å². The highest BCUT2D eigenvalue weighted by Gasteiger charge is 2.39. The number of amides is 1. The molecule has 0 radical (unpaired) electrons. The summed E-state index contributed by atoms with van der Waals surface area (Å²) in [5, 5.41) is 13.1. The van der Waals surface area contributed by atoms with E-state index in [9.17, 15) is 4.79 Å². The number of H-pyrrole nitrogens is 1. The summed E-state index contributed by atoms with van der Waals surface area (Å²) in [6, 6.07) is 9.03. The molecule has 126 valence electrons. The van der Waals surface area contributed by atoms with Crippen molar-refractivity contribution in [2.75, 3.05) is 18.5 Å². The summed E-state index contributed by atoms with van der Waals surface area (Å²) < 4.78 is 5.41. The van der Waals surface area contributed by atoms with Gasteiger partial charge in [0.25, 0.3) is 5.91 Å². The lowest BCUT2D eigenvalue weighted by Gasteiger charge is -2.23. The molecule has 6 nitrogen and oxygen atoms in total. The molecule has 2 heterocycles. The number of nitrogens with one attached hydrogen (secondary N) is 3. The second-order valence-corrected chi connectivity index (χ2v) is 6.57. The van der Waals surface area contributed by atoms with Crippen LogP contribution in [-0.4, -0.2) is 41.4 Å². The predicted octanol–water partition coefficient (Wildman–Crippen LogP) is 2.29. The smallest absolute Gasteiger partial charge is 0.255 e. The van der Waals surface area contributed by atoms with E-state index in [0.717, 1.165) is 32.5 Å². The summed E-state index contributed by atoms with van der Waals surface area (Å²) >= 11 is 0. The highest BCUT2D eigenvalue weighted by molar-refractivity contribution is 6.04. The fourth-order valence-corrected chi connectivity index (χ4v) is 3.35. The molecule has 24 heavy (non-hydrogen) atoms. The first kappa shape index (κ1) is 15.4. The van der Waals surface area contributed by atoms with Gasteiger partial charge in [-0.3, -0.25) is 9.89 Å². The third-order valence-corrected chi connectivity index (χ3v) is 4.79. The normalized spacial score (nSPS) is 23.8. The number of nitrogens with zero attached hydrogens (tertiary/aromatic N) is 1.